The molecule has 13 atom stereocenters. The van der Waals surface area contributed by atoms with Crippen LogP contribution in [-0.2, 0) is 80.0 Å². The van der Waals surface area contributed by atoms with E-state index in [1.165, 1.54) is 31.2 Å². The van der Waals surface area contributed by atoms with Crippen molar-refractivity contribution in [1.82, 2.24) is 62.6 Å². The number of carboxylic acids is 2. The van der Waals surface area contributed by atoms with Crippen LogP contribution in [0.25, 0.3) is 10.9 Å². The van der Waals surface area contributed by atoms with Crippen molar-refractivity contribution in [2.75, 3.05) is 32.9 Å². The number of aliphatic carboxylic acids is 2. The van der Waals surface area contributed by atoms with Gasteiger partial charge in [0.15, 0.2) is 0 Å². The first-order valence-electron chi connectivity index (χ1n) is 31.0. The summed E-state index contributed by atoms with van der Waals surface area (Å²) in [4.78, 5) is 193. The molecule has 0 unspecified atom stereocenters. The lowest BCUT2D eigenvalue weighted by Crippen LogP contribution is -2.61. The van der Waals surface area contributed by atoms with E-state index in [-0.39, 0.29) is 69.7 Å². The summed E-state index contributed by atoms with van der Waals surface area (Å²) in [7, 11) is 0. The highest BCUT2D eigenvalue weighted by molar-refractivity contribution is 6.00. The number of phenolic OH excluding ortho intramolecular Hbond substituents is 1. The van der Waals surface area contributed by atoms with Gasteiger partial charge in [-0.05, 0) is 94.0 Å². The number of aromatic nitrogens is 1. The third kappa shape index (κ3) is 21.9. The molecule has 2 aromatic carbocycles. The molecule has 5 rings (SSSR count). The fraction of sp³-hybridized carbons (Fsp3) is 0.541. The molecule has 0 aliphatic carbocycles. The van der Waals surface area contributed by atoms with Gasteiger partial charge in [0.05, 0.1) is 38.4 Å². The second kappa shape index (κ2) is 36.2. The molecule has 0 spiro atoms. The van der Waals surface area contributed by atoms with Gasteiger partial charge in [0.2, 0.25) is 70.9 Å². The van der Waals surface area contributed by atoms with E-state index in [0.29, 0.717) is 11.1 Å². The van der Waals surface area contributed by atoms with E-state index < -0.39 is 201 Å². The fourth-order valence-corrected chi connectivity index (χ4v) is 10.9. The van der Waals surface area contributed by atoms with Crippen molar-refractivity contribution in [2.45, 2.75) is 171 Å². The number of benzene rings is 2. The van der Waals surface area contributed by atoms with Gasteiger partial charge in [0, 0.05) is 43.0 Å². The number of likely N-dealkylation sites (tertiary alicyclic amines) is 2. The molecule has 21 N–H and O–H groups in total. The summed E-state index contributed by atoms with van der Waals surface area (Å²) in [6.45, 7) is 2.34. The molecule has 0 bridgehead atoms. The average Bonchev–Trinajstić information content (AvgIpc) is 1.65. The van der Waals surface area contributed by atoms with Crippen LogP contribution in [-0.4, -0.2) is 245 Å². The summed E-state index contributed by atoms with van der Waals surface area (Å²) in [5, 5.41) is 91.4. The number of hydrogen-bond acceptors (Lipinski definition) is 20. The van der Waals surface area contributed by atoms with Crippen LogP contribution in [0, 0.1) is 5.92 Å². The van der Waals surface area contributed by atoms with Crippen LogP contribution < -0.4 is 59.3 Å². The molecule has 526 valence electrons. The number of primary amides is 1. The molecule has 35 heteroatoms. The minimum absolute atomic E-state index is 0.0153. The molecule has 2 aliphatic rings. The number of carboxylic acid groups (broad SMARTS) is 2. The molecule has 2 aliphatic heterocycles. The Morgan fingerprint density at radius 2 is 1.06 bits per heavy atom. The Kier molecular flexibility index (Phi) is 29.0. The number of carbonyl (C=O) groups is 14. The monoisotopic (exact) mass is 1350 g/mol. The number of nitrogens with one attached hydrogen (secondary N) is 10. The first-order chi connectivity index (χ1) is 45.4. The number of para-hydroxylation sites is 1. The second-order valence-electron chi connectivity index (χ2n) is 23.9. The largest absolute Gasteiger partial charge is 0.508 e. The van der Waals surface area contributed by atoms with E-state index in [4.69, 9.17) is 11.5 Å². The second-order valence-corrected chi connectivity index (χ2v) is 23.9. The average molecular weight is 1350 g/mol. The van der Waals surface area contributed by atoms with Crippen molar-refractivity contribution in [3.8, 4) is 5.75 Å². The third-order valence-electron chi connectivity index (χ3n) is 16.0. The predicted molar refractivity (Wildman–Crippen MR) is 335 cm³/mol. The van der Waals surface area contributed by atoms with Crippen molar-refractivity contribution in [1.29, 1.82) is 0 Å². The van der Waals surface area contributed by atoms with Crippen LogP contribution in [0.3, 0.4) is 0 Å². The van der Waals surface area contributed by atoms with E-state index in [1.807, 2.05) is 12.1 Å². The maximum absolute atomic E-state index is 14.5. The number of nitrogens with zero attached hydrogens (tertiary/aromatic N) is 2. The summed E-state index contributed by atoms with van der Waals surface area (Å²) in [5.41, 5.74) is 13.5. The molecule has 1 aromatic heterocycles. The smallest absolute Gasteiger partial charge is 0.326 e. The SMILES string of the molecule is CC(C)C[C@H](NC(=O)[C@H](CC(=O)O)NC(=O)[C@H](CO)NC(=O)[C@H](CO)NC(=O)[C@@H](N)Cc1c[nH]c2ccccc12)C(=O)N1CCC[C@H]1C(=O)N[C@@H](CCC(N)=O)C(=O)N1CCC[C@H]1C(=O)N[C@@H](C)C(=O)N[C@@H](CO)C(=O)N[C@H](C(=O)N[C@@H](Cc1ccc(O)cc1)C(=O)O)[C@@H](C)O. The molecular weight excluding hydrogens is 1260 g/mol. The number of carbonyl (C=O) groups excluding carboxylic acids is 12. The van der Waals surface area contributed by atoms with E-state index in [2.05, 4.69) is 52.8 Å². The zero-order valence-electron chi connectivity index (χ0n) is 53.3. The lowest BCUT2D eigenvalue weighted by atomic mass is 10.0. The summed E-state index contributed by atoms with van der Waals surface area (Å²) in [6, 6.07) is -6.42. The van der Waals surface area contributed by atoms with Gasteiger partial charge in [0.1, 0.15) is 72.2 Å². The summed E-state index contributed by atoms with van der Waals surface area (Å²) < 4.78 is 0. The fourth-order valence-electron chi connectivity index (χ4n) is 10.9. The van der Waals surface area contributed by atoms with E-state index in [0.717, 1.165) is 27.6 Å². The topological polar surface area (TPSA) is 563 Å². The van der Waals surface area contributed by atoms with Gasteiger partial charge in [-0.1, -0.05) is 44.2 Å². The lowest BCUT2D eigenvalue weighted by molar-refractivity contribution is -0.145. The first-order valence-corrected chi connectivity index (χ1v) is 31.0. The Balaban J connectivity index is 1.20. The first kappa shape index (κ1) is 76.9. The molecule has 96 heavy (non-hydrogen) atoms. The maximum atomic E-state index is 14.5. The minimum atomic E-state index is -1.96. The highest BCUT2D eigenvalue weighted by atomic mass is 16.4. The quantitative estimate of drug-likeness (QED) is 0.0257. The highest BCUT2D eigenvalue weighted by Gasteiger charge is 2.44. The molecule has 35 nitrogen and oxygen atoms in total. The molecule has 0 radical (unpaired) electrons. The van der Waals surface area contributed by atoms with Crippen LogP contribution in [0.5, 0.6) is 5.75 Å². The zero-order chi connectivity index (χ0) is 71.2. The molecule has 0 saturated carbocycles. The van der Waals surface area contributed by atoms with Crippen LogP contribution >= 0.6 is 0 Å². The van der Waals surface area contributed by atoms with Crippen molar-refractivity contribution in [3.63, 3.8) is 0 Å². The highest BCUT2D eigenvalue weighted by Crippen LogP contribution is 2.24. The van der Waals surface area contributed by atoms with Gasteiger partial charge in [-0.15, -0.1) is 0 Å². The van der Waals surface area contributed by atoms with Crippen molar-refractivity contribution in [3.05, 3.63) is 65.9 Å². The predicted octanol–water partition coefficient (Wildman–Crippen LogP) is -6.42. The van der Waals surface area contributed by atoms with E-state index >= 15 is 0 Å². The van der Waals surface area contributed by atoms with Gasteiger partial charge in [-0.25, -0.2) is 4.79 Å². The Bertz CT molecular complexity index is 3310. The number of aliphatic hydroxyl groups excluding tert-OH is 4. The number of aromatic hydroxyl groups is 1. The van der Waals surface area contributed by atoms with Crippen LogP contribution in [0.4, 0.5) is 0 Å². The Morgan fingerprint density at radius 1 is 0.573 bits per heavy atom. The molecular formula is C61H86N14O21. The Hall–Kier alpha value is -9.84. The molecule has 2 fully saturated rings. The summed E-state index contributed by atoms with van der Waals surface area (Å²) in [6.07, 6.45) is -1.77. The number of aromatic amines is 1. The zero-order valence-corrected chi connectivity index (χ0v) is 53.3. The summed E-state index contributed by atoms with van der Waals surface area (Å²) in [5.74, 6) is -15.8. The standard InChI is InChI=1S/C61H86N14O21/c1-29(2)21-40(68-52(86)39(24-48(82)83)67-53(87)43(27-77)72-54(88)42(26-76)71-51(85)36(62)23-33-25-64-37-10-6-5-9-35(33)37)60(94)75-20-8-12-46(75)57(91)66-38(17-18-47(63)81)59(93)74-19-7-11-45(74)56(90)65-30(3)50(84)70-44(28-78)55(89)73-49(31(4)79)58(92)69-41(61(95)96)22-32-13-15-34(80)16-14-32/h5-6,9-10,13-16,25,29-31,36,38-46,49,64,76-80H,7-8,11-12,17-24,26-28,62H2,1-4H3,(H2,63,81)(H,65,90)(H,66,91)(H,67,87)(H,68,86)(H,69,92)(H,70,84)(H,71,85)(H,72,88)(H,73,89)(H,82,83)(H,95,96)/t30-,31+,36-,38-,39-,40-,41-,42-,43-,44-,45-,46-,49-/m0/s1. The third-order valence-corrected chi connectivity index (χ3v) is 16.0. The lowest BCUT2D eigenvalue weighted by Gasteiger charge is -2.32. The number of phenols is 1. The van der Waals surface area contributed by atoms with Gasteiger partial charge >= 0.3 is 11.9 Å². The van der Waals surface area contributed by atoms with Crippen molar-refractivity contribution < 1.29 is 103 Å². The number of hydrogen-bond donors (Lipinski definition) is 19. The molecule has 12 amide bonds. The molecule has 3 aromatic rings. The van der Waals surface area contributed by atoms with Gasteiger partial charge in [0.25, 0.3) is 0 Å². The van der Waals surface area contributed by atoms with Crippen LogP contribution in [0.2, 0.25) is 0 Å². The van der Waals surface area contributed by atoms with Crippen molar-refractivity contribution in [2.24, 2.45) is 17.4 Å². The molecule has 3 heterocycles. The maximum Gasteiger partial charge on any atom is 0.326 e. The normalized spacial score (nSPS) is 17.9. The van der Waals surface area contributed by atoms with E-state index in [1.54, 1.807) is 32.2 Å². The number of rotatable bonds is 36. The van der Waals surface area contributed by atoms with Crippen molar-refractivity contribution >= 4 is 93.7 Å². The number of H-pyrrole nitrogens is 1. The number of nitrogens with two attached hydrogens (primary N) is 2. The van der Waals surface area contributed by atoms with Crippen LogP contribution in [0.15, 0.2) is 54.7 Å². The number of fused-ring (bicyclic) bond motifs is 1. The number of aliphatic hydroxyl groups is 4. The minimum Gasteiger partial charge on any atom is -0.508 e. The molecule has 2 saturated heterocycles. The van der Waals surface area contributed by atoms with Crippen LogP contribution in [0.1, 0.15) is 90.2 Å². The van der Waals surface area contributed by atoms with Gasteiger partial charge in [-0.2, -0.15) is 0 Å². The number of amides is 12. The van der Waals surface area contributed by atoms with E-state index in [9.17, 15) is 103 Å². The van der Waals surface area contributed by atoms with Gasteiger partial charge in [-0.3, -0.25) is 62.3 Å². The van der Waals surface area contributed by atoms with Gasteiger partial charge < -0.3 is 110 Å². The Morgan fingerprint density at radius 3 is 1.59 bits per heavy atom. The summed E-state index contributed by atoms with van der Waals surface area (Å²) >= 11 is 0. The Labute approximate surface area is 549 Å².